The lowest BCUT2D eigenvalue weighted by molar-refractivity contribution is 0.0549. The van der Waals surface area contributed by atoms with E-state index in [2.05, 4.69) is 5.10 Å². The smallest absolute Gasteiger partial charge is 0.357 e. The molecule has 0 aliphatic rings. The maximum absolute atomic E-state index is 14.1. The molecule has 3 aromatic carbocycles. The second-order valence-corrected chi connectivity index (χ2v) is 7.78. The summed E-state index contributed by atoms with van der Waals surface area (Å²) in [6.45, 7) is 2.14. The Morgan fingerprint density at radius 2 is 1.57 bits per heavy atom. The number of benzene rings is 3. The summed E-state index contributed by atoms with van der Waals surface area (Å²) < 4.78 is 37.0. The number of carbonyl (C=O) groups excluding carboxylic acids is 2. The molecule has 0 radical (unpaired) electrons. The normalized spacial score (nSPS) is 10.6. The molecule has 1 heterocycles. The average Bonchev–Trinajstić information content (AvgIpc) is 3.33. The Labute approximate surface area is 213 Å². The monoisotopic (exact) mass is 504 g/mol. The number of methoxy groups -OCH3 is 2. The summed E-state index contributed by atoms with van der Waals surface area (Å²) in [6, 6.07) is 20.2. The van der Waals surface area contributed by atoms with Crippen molar-refractivity contribution in [2.24, 2.45) is 0 Å². The van der Waals surface area contributed by atoms with E-state index in [0.29, 0.717) is 34.9 Å². The van der Waals surface area contributed by atoms with Gasteiger partial charge in [0, 0.05) is 11.1 Å². The van der Waals surface area contributed by atoms with Crippen LogP contribution in [0.15, 0.2) is 72.8 Å². The van der Waals surface area contributed by atoms with Gasteiger partial charge in [-0.25, -0.2) is 18.7 Å². The highest BCUT2D eigenvalue weighted by Crippen LogP contribution is 2.36. The molecule has 0 bridgehead atoms. The van der Waals surface area contributed by atoms with Gasteiger partial charge in [0.25, 0.3) is 0 Å². The lowest BCUT2D eigenvalue weighted by Gasteiger charge is -2.14. The molecule has 0 amide bonds. The third-order valence-corrected chi connectivity index (χ3v) is 5.51. The Morgan fingerprint density at radius 1 is 0.865 bits per heavy atom. The van der Waals surface area contributed by atoms with Crippen molar-refractivity contribution in [3.05, 3.63) is 95.4 Å². The third-order valence-electron chi connectivity index (χ3n) is 5.51. The molecule has 1 aromatic heterocycles. The fourth-order valence-electron chi connectivity index (χ4n) is 3.77. The predicted octanol–water partition coefficient (Wildman–Crippen LogP) is 5.23. The van der Waals surface area contributed by atoms with Gasteiger partial charge in [-0.05, 0) is 43.3 Å². The van der Waals surface area contributed by atoms with Crippen LogP contribution >= 0.6 is 0 Å². The summed E-state index contributed by atoms with van der Waals surface area (Å²) in [4.78, 5) is 25.7. The topological polar surface area (TPSA) is 88.9 Å². The highest BCUT2D eigenvalue weighted by molar-refractivity contribution is 6.06. The van der Waals surface area contributed by atoms with Crippen molar-refractivity contribution < 1.29 is 32.9 Å². The summed E-state index contributed by atoms with van der Waals surface area (Å²) in [6.07, 6.45) is 0. The molecule has 190 valence electrons. The molecule has 0 atom stereocenters. The third kappa shape index (κ3) is 5.30. The molecule has 0 aliphatic carbocycles. The van der Waals surface area contributed by atoms with E-state index in [0.717, 1.165) is 0 Å². The lowest BCUT2D eigenvalue weighted by Crippen LogP contribution is -2.15. The first-order valence-electron chi connectivity index (χ1n) is 11.5. The first-order chi connectivity index (χ1) is 18.0. The van der Waals surface area contributed by atoms with E-state index in [1.165, 1.54) is 25.0 Å². The van der Waals surface area contributed by atoms with Crippen LogP contribution in [0.2, 0.25) is 0 Å². The SMILES string of the molecule is CCOc1cc(-c2nn(-c3ccccc3)c(C(=O)OC)c2C(=O)OC)ccc1OCc1ccccc1F. The Balaban J connectivity index is 1.82. The van der Waals surface area contributed by atoms with Crippen LogP contribution in [0.4, 0.5) is 4.39 Å². The number of carbonyl (C=O) groups is 2. The van der Waals surface area contributed by atoms with Gasteiger partial charge >= 0.3 is 11.9 Å². The Morgan fingerprint density at radius 3 is 2.24 bits per heavy atom. The Kier molecular flexibility index (Phi) is 7.83. The minimum absolute atomic E-state index is 0.00533. The number of rotatable bonds is 9. The zero-order chi connectivity index (χ0) is 26.4. The highest BCUT2D eigenvalue weighted by atomic mass is 19.1. The number of esters is 2. The predicted molar refractivity (Wildman–Crippen MR) is 134 cm³/mol. The molecule has 0 unspecified atom stereocenters. The molecular weight excluding hydrogens is 479 g/mol. The Hall–Kier alpha value is -4.66. The van der Waals surface area contributed by atoms with Crippen LogP contribution in [-0.4, -0.2) is 42.5 Å². The summed E-state index contributed by atoms with van der Waals surface area (Å²) in [5, 5.41) is 4.59. The number of hydrogen-bond acceptors (Lipinski definition) is 7. The number of nitrogens with zero attached hydrogens (tertiary/aromatic N) is 2. The molecule has 8 nitrogen and oxygen atoms in total. The second kappa shape index (κ2) is 11.4. The summed E-state index contributed by atoms with van der Waals surface area (Å²) >= 11 is 0. The van der Waals surface area contributed by atoms with Crippen LogP contribution in [0, 0.1) is 5.82 Å². The molecule has 0 spiro atoms. The van der Waals surface area contributed by atoms with Crippen LogP contribution in [0.5, 0.6) is 11.5 Å². The van der Waals surface area contributed by atoms with Crippen LogP contribution in [-0.2, 0) is 16.1 Å². The van der Waals surface area contributed by atoms with E-state index < -0.39 is 11.9 Å². The quantitative estimate of drug-likeness (QED) is 0.289. The molecule has 0 aliphatic heterocycles. The number of halogens is 1. The van der Waals surface area contributed by atoms with Gasteiger partial charge in [-0.15, -0.1) is 0 Å². The summed E-state index contributed by atoms with van der Waals surface area (Å²) in [5.74, 6) is -1.14. The summed E-state index contributed by atoms with van der Waals surface area (Å²) in [7, 11) is 2.44. The molecule has 4 aromatic rings. The average molecular weight is 505 g/mol. The lowest BCUT2D eigenvalue weighted by atomic mass is 10.0. The fraction of sp³-hybridized carbons (Fsp3) is 0.179. The van der Waals surface area contributed by atoms with Gasteiger partial charge in [-0.1, -0.05) is 36.4 Å². The van der Waals surface area contributed by atoms with Crippen molar-refractivity contribution in [3.63, 3.8) is 0 Å². The number of hydrogen-bond donors (Lipinski definition) is 0. The first kappa shape index (κ1) is 25.4. The molecule has 0 saturated carbocycles. The zero-order valence-electron chi connectivity index (χ0n) is 20.6. The van der Waals surface area contributed by atoms with Crippen molar-refractivity contribution in [2.45, 2.75) is 13.5 Å². The summed E-state index contributed by atoms with van der Waals surface area (Å²) in [5.41, 5.74) is 1.48. The van der Waals surface area contributed by atoms with Gasteiger partial charge in [0.1, 0.15) is 23.7 Å². The minimum atomic E-state index is -0.754. The molecule has 9 heteroatoms. The minimum Gasteiger partial charge on any atom is -0.490 e. The van der Waals surface area contributed by atoms with E-state index >= 15 is 0 Å². The number of ether oxygens (including phenoxy) is 4. The van der Waals surface area contributed by atoms with E-state index in [9.17, 15) is 14.0 Å². The van der Waals surface area contributed by atoms with Crippen molar-refractivity contribution in [3.8, 4) is 28.4 Å². The Bertz CT molecular complexity index is 1420. The van der Waals surface area contributed by atoms with Crippen LogP contribution in [0.25, 0.3) is 16.9 Å². The van der Waals surface area contributed by atoms with Crippen molar-refractivity contribution in [2.75, 3.05) is 20.8 Å². The van der Waals surface area contributed by atoms with Crippen LogP contribution in [0.1, 0.15) is 33.3 Å². The van der Waals surface area contributed by atoms with Gasteiger partial charge in [0.05, 0.1) is 26.5 Å². The van der Waals surface area contributed by atoms with E-state index in [4.69, 9.17) is 18.9 Å². The van der Waals surface area contributed by atoms with E-state index in [1.54, 1.807) is 60.7 Å². The van der Waals surface area contributed by atoms with Crippen LogP contribution < -0.4 is 9.47 Å². The number of para-hydroxylation sites is 1. The standard InChI is InChI=1S/C28H25FN2O6/c1-4-36-23-16-18(14-15-22(23)37-17-19-10-8-9-13-21(19)29)25-24(27(32)34-2)26(28(33)35-3)31(30-25)20-11-6-5-7-12-20/h5-16H,4,17H2,1-3H3. The maximum Gasteiger partial charge on any atom is 0.357 e. The van der Waals surface area contributed by atoms with Crippen molar-refractivity contribution >= 4 is 11.9 Å². The second-order valence-electron chi connectivity index (χ2n) is 7.78. The molecule has 0 N–H and O–H groups in total. The highest BCUT2D eigenvalue weighted by Gasteiger charge is 2.31. The van der Waals surface area contributed by atoms with Gasteiger partial charge < -0.3 is 18.9 Å². The first-order valence-corrected chi connectivity index (χ1v) is 11.5. The molecule has 0 fully saturated rings. The largest absolute Gasteiger partial charge is 0.490 e. The molecule has 4 rings (SSSR count). The van der Waals surface area contributed by atoms with Crippen molar-refractivity contribution in [1.29, 1.82) is 0 Å². The maximum atomic E-state index is 14.1. The van der Waals surface area contributed by atoms with E-state index in [-0.39, 0.29) is 29.4 Å². The molecule has 0 saturated heterocycles. The zero-order valence-corrected chi connectivity index (χ0v) is 20.6. The van der Waals surface area contributed by atoms with Gasteiger partial charge in [-0.3, -0.25) is 0 Å². The van der Waals surface area contributed by atoms with E-state index in [1.807, 2.05) is 13.0 Å². The van der Waals surface area contributed by atoms with Gasteiger partial charge in [-0.2, -0.15) is 5.10 Å². The van der Waals surface area contributed by atoms with Gasteiger partial charge in [0.15, 0.2) is 17.2 Å². The van der Waals surface area contributed by atoms with Gasteiger partial charge in [0.2, 0.25) is 0 Å². The number of aromatic nitrogens is 2. The molecule has 37 heavy (non-hydrogen) atoms. The fourth-order valence-corrected chi connectivity index (χ4v) is 3.77. The van der Waals surface area contributed by atoms with Crippen molar-refractivity contribution in [1.82, 2.24) is 9.78 Å². The van der Waals surface area contributed by atoms with Crippen LogP contribution in [0.3, 0.4) is 0 Å². The molecular formula is C28H25FN2O6.